The third-order valence-electron chi connectivity index (χ3n) is 5.83. The predicted octanol–water partition coefficient (Wildman–Crippen LogP) is 3.53. The minimum absolute atomic E-state index is 0.0259. The van der Waals surface area contributed by atoms with Crippen LogP contribution in [0.15, 0.2) is 47.4 Å². The van der Waals surface area contributed by atoms with Crippen LogP contribution in [0.2, 0.25) is 5.02 Å². The Morgan fingerprint density at radius 1 is 1.16 bits per heavy atom. The summed E-state index contributed by atoms with van der Waals surface area (Å²) in [7, 11) is -3.32. The molecule has 1 fully saturated rings. The Hall–Kier alpha value is -2.71. The Kier molecular flexibility index (Phi) is 6.35. The fraction of sp³-hybridized carbons (Fsp3) is 0.348. The van der Waals surface area contributed by atoms with Gasteiger partial charge in [-0.05, 0) is 49.6 Å². The summed E-state index contributed by atoms with van der Waals surface area (Å²) in [5.74, 6) is 0.515. The van der Waals surface area contributed by atoms with Crippen molar-refractivity contribution < 1.29 is 13.2 Å². The van der Waals surface area contributed by atoms with Crippen molar-refractivity contribution in [3.8, 4) is 0 Å². The Labute approximate surface area is 192 Å². The van der Waals surface area contributed by atoms with Crippen molar-refractivity contribution in [1.29, 1.82) is 0 Å². The molecule has 1 aromatic heterocycles. The van der Waals surface area contributed by atoms with Crippen molar-refractivity contribution in [3.05, 3.63) is 58.7 Å². The summed E-state index contributed by atoms with van der Waals surface area (Å²) in [5.41, 5.74) is 2.30. The van der Waals surface area contributed by atoms with Gasteiger partial charge in [-0.3, -0.25) is 4.79 Å². The summed E-state index contributed by atoms with van der Waals surface area (Å²) in [5, 5.41) is 4.46. The summed E-state index contributed by atoms with van der Waals surface area (Å²) in [6, 6.07) is 12.4. The molecule has 0 bridgehead atoms. The van der Waals surface area contributed by atoms with Gasteiger partial charge in [-0.15, -0.1) is 0 Å². The molecule has 1 aliphatic heterocycles. The molecule has 32 heavy (non-hydrogen) atoms. The molecule has 4 rings (SSSR count). The van der Waals surface area contributed by atoms with Crippen molar-refractivity contribution in [3.63, 3.8) is 0 Å². The number of nitrogens with one attached hydrogen (secondary N) is 1. The third kappa shape index (κ3) is 4.86. The number of amides is 1. The number of aromatic nitrogens is 2. The molecule has 7 nitrogen and oxygen atoms in total. The lowest BCUT2D eigenvalue weighted by atomic mass is 9.96. The van der Waals surface area contributed by atoms with Crippen LogP contribution in [0.1, 0.15) is 24.1 Å². The van der Waals surface area contributed by atoms with Gasteiger partial charge in [0.05, 0.1) is 16.1 Å². The zero-order valence-corrected chi connectivity index (χ0v) is 19.6. The number of hydrogen-bond donors (Lipinski definition) is 1. The maximum atomic E-state index is 12.6. The quantitative estimate of drug-likeness (QED) is 0.610. The van der Waals surface area contributed by atoms with Gasteiger partial charge in [-0.2, -0.15) is 0 Å². The maximum absolute atomic E-state index is 12.6. The average Bonchev–Trinajstić information content (AvgIpc) is 2.77. The number of aryl methyl sites for hydroxylation is 1. The Morgan fingerprint density at radius 2 is 1.88 bits per heavy atom. The maximum Gasteiger partial charge on any atom is 0.226 e. The van der Waals surface area contributed by atoms with E-state index in [0.717, 1.165) is 16.6 Å². The lowest BCUT2D eigenvalue weighted by molar-refractivity contribution is -0.125. The number of halogens is 1. The van der Waals surface area contributed by atoms with E-state index in [1.807, 2.05) is 31.2 Å². The van der Waals surface area contributed by atoms with Crippen LogP contribution < -0.4 is 10.2 Å². The van der Waals surface area contributed by atoms with E-state index in [2.05, 4.69) is 20.2 Å². The number of nitrogens with zero attached hydrogens (tertiary/aromatic N) is 3. The number of piperidine rings is 1. The van der Waals surface area contributed by atoms with Gasteiger partial charge >= 0.3 is 0 Å². The van der Waals surface area contributed by atoms with E-state index in [0.29, 0.717) is 49.0 Å². The lowest BCUT2D eigenvalue weighted by Gasteiger charge is -2.31. The molecule has 1 saturated heterocycles. The van der Waals surface area contributed by atoms with E-state index in [1.165, 1.54) is 6.26 Å². The first kappa shape index (κ1) is 22.5. The van der Waals surface area contributed by atoms with Crippen LogP contribution in [0.5, 0.6) is 0 Å². The van der Waals surface area contributed by atoms with Crippen molar-refractivity contribution in [2.24, 2.45) is 5.92 Å². The molecule has 0 aliphatic carbocycles. The number of rotatable bonds is 5. The van der Waals surface area contributed by atoms with Crippen LogP contribution >= 0.6 is 11.6 Å². The first-order chi connectivity index (χ1) is 15.2. The molecule has 0 spiro atoms. The van der Waals surface area contributed by atoms with Gasteiger partial charge in [0, 0.05) is 42.2 Å². The van der Waals surface area contributed by atoms with E-state index in [4.69, 9.17) is 11.6 Å². The fourth-order valence-corrected chi connectivity index (χ4v) is 4.78. The van der Waals surface area contributed by atoms with Gasteiger partial charge in [0.1, 0.15) is 0 Å². The molecule has 3 aromatic rings. The van der Waals surface area contributed by atoms with Crippen molar-refractivity contribution in [1.82, 2.24) is 15.3 Å². The number of anilines is 1. The van der Waals surface area contributed by atoms with Crippen LogP contribution in [-0.2, 0) is 21.2 Å². The minimum atomic E-state index is -3.32. The molecular weight excluding hydrogens is 448 g/mol. The van der Waals surface area contributed by atoms with Crippen molar-refractivity contribution >= 4 is 44.2 Å². The molecule has 0 unspecified atom stereocenters. The smallest absolute Gasteiger partial charge is 0.226 e. The van der Waals surface area contributed by atoms with Crippen molar-refractivity contribution in [2.75, 3.05) is 24.2 Å². The fourth-order valence-electron chi connectivity index (χ4n) is 3.94. The predicted molar refractivity (Wildman–Crippen MR) is 126 cm³/mol. The standard InChI is InChI=1S/C23H25ClN4O3S/c1-15-19-8-7-18(32(2,30)31)13-21(19)27-23(26-15)28-11-9-16(10-12-28)22(29)25-14-17-5-3-4-6-20(17)24/h3-8,13,16H,9-12,14H2,1-2H3,(H,25,29). The highest BCUT2D eigenvalue weighted by Crippen LogP contribution is 2.26. The number of benzene rings is 2. The molecule has 1 amide bonds. The summed E-state index contributed by atoms with van der Waals surface area (Å²) in [6.45, 7) is 3.61. The normalized spacial score (nSPS) is 15.2. The van der Waals surface area contributed by atoms with E-state index in [9.17, 15) is 13.2 Å². The van der Waals surface area contributed by atoms with Crippen molar-refractivity contribution in [2.45, 2.75) is 31.2 Å². The highest BCUT2D eigenvalue weighted by atomic mass is 35.5. The Balaban J connectivity index is 1.43. The zero-order chi connectivity index (χ0) is 22.9. The second kappa shape index (κ2) is 9.03. The van der Waals surface area contributed by atoms with Gasteiger partial charge < -0.3 is 10.2 Å². The highest BCUT2D eigenvalue weighted by Gasteiger charge is 2.26. The van der Waals surface area contributed by atoms with Crippen LogP contribution in [-0.4, -0.2) is 43.6 Å². The molecule has 0 radical (unpaired) electrons. The first-order valence-corrected chi connectivity index (χ1v) is 12.7. The molecular formula is C23H25ClN4O3S. The second-order valence-electron chi connectivity index (χ2n) is 8.13. The molecule has 2 heterocycles. The number of carbonyl (C=O) groups is 1. The number of carbonyl (C=O) groups excluding carboxylic acids is 1. The monoisotopic (exact) mass is 472 g/mol. The second-order valence-corrected chi connectivity index (χ2v) is 10.6. The minimum Gasteiger partial charge on any atom is -0.352 e. The molecule has 1 N–H and O–H groups in total. The number of sulfone groups is 1. The Bertz CT molecular complexity index is 1270. The third-order valence-corrected chi connectivity index (χ3v) is 7.31. The van der Waals surface area contributed by atoms with E-state index < -0.39 is 9.84 Å². The lowest BCUT2D eigenvalue weighted by Crippen LogP contribution is -2.41. The van der Waals surface area contributed by atoms with Gasteiger partial charge in [0.2, 0.25) is 11.9 Å². The van der Waals surface area contributed by atoms with E-state index in [-0.39, 0.29) is 16.7 Å². The first-order valence-electron chi connectivity index (χ1n) is 10.5. The molecule has 0 atom stereocenters. The van der Waals surface area contributed by atoms with Crippen LogP contribution in [0, 0.1) is 12.8 Å². The Morgan fingerprint density at radius 3 is 2.56 bits per heavy atom. The summed E-state index contributed by atoms with van der Waals surface area (Å²) >= 11 is 6.16. The van der Waals surface area contributed by atoms with Gasteiger partial charge in [-0.25, -0.2) is 18.4 Å². The van der Waals surface area contributed by atoms with Crippen LogP contribution in [0.3, 0.4) is 0 Å². The van der Waals surface area contributed by atoms with Crippen LogP contribution in [0.4, 0.5) is 5.95 Å². The molecule has 168 valence electrons. The van der Waals surface area contributed by atoms with E-state index in [1.54, 1.807) is 18.2 Å². The largest absolute Gasteiger partial charge is 0.352 e. The van der Waals surface area contributed by atoms with Gasteiger partial charge in [0.15, 0.2) is 9.84 Å². The number of hydrogen-bond acceptors (Lipinski definition) is 6. The zero-order valence-electron chi connectivity index (χ0n) is 18.0. The summed E-state index contributed by atoms with van der Waals surface area (Å²) in [6.07, 6.45) is 2.57. The SMILES string of the molecule is Cc1nc(N2CCC(C(=O)NCc3ccccc3Cl)CC2)nc2cc(S(C)(=O)=O)ccc12. The van der Waals surface area contributed by atoms with E-state index >= 15 is 0 Å². The summed E-state index contributed by atoms with van der Waals surface area (Å²) in [4.78, 5) is 24.2. The summed E-state index contributed by atoms with van der Waals surface area (Å²) < 4.78 is 23.8. The number of fused-ring (bicyclic) bond motifs is 1. The highest BCUT2D eigenvalue weighted by molar-refractivity contribution is 7.90. The molecule has 1 aliphatic rings. The van der Waals surface area contributed by atoms with Gasteiger partial charge in [-0.1, -0.05) is 29.8 Å². The average molecular weight is 473 g/mol. The molecule has 0 saturated carbocycles. The van der Waals surface area contributed by atoms with Gasteiger partial charge in [0.25, 0.3) is 0 Å². The van der Waals surface area contributed by atoms with Crippen LogP contribution in [0.25, 0.3) is 10.9 Å². The topological polar surface area (TPSA) is 92.3 Å². The molecule has 9 heteroatoms. The molecule has 2 aromatic carbocycles.